The van der Waals surface area contributed by atoms with Crippen molar-refractivity contribution in [3.63, 3.8) is 0 Å². The van der Waals surface area contributed by atoms with Crippen LogP contribution in [-0.2, 0) is 31.0 Å². The molecule has 0 saturated carbocycles. The highest BCUT2D eigenvalue weighted by Crippen LogP contribution is 2.41. The number of likely N-dealkylation sites (N-methyl/N-ethyl adjacent to an activating group) is 1. The van der Waals surface area contributed by atoms with Gasteiger partial charge in [0.15, 0.2) is 23.2 Å². The Morgan fingerprint density at radius 1 is 0.985 bits per heavy atom. The number of fused-ring (bicyclic) bond motifs is 5. The van der Waals surface area contributed by atoms with Gasteiger partial charge in [-0.05, 0) is 79.6 Å². The first-order valence-electron chi connectivity index (χ1n) is 21.9. The van der Waals surface area contributed by atoms with Crippen LogP contribution in [0.25, 0.3) is 22.5 Å². The maximum absolute atomic E-state index is 14.8. The van der Waals surface area contributed by atoms with Crippen LogP contribution in [0.4, 0.5) is 0 Å². The third-order valence-electron chi connectivity index (χ3n) is 12.2. The zero-order chi connectivity index (χ0) is 46.5. The minimum atomic E-state index is -1.24. The highest BCUT2D eigenvalue weighted by molar-refractivity contribution is 7.59. The lowest BCUT2D eigenvalue weighted by atomic mass is 9.86. The molecule has 1 fully saturated rings. The van der Waals surface area contributed by atoms with Crippen LogP contribution in [0.2, 0.25) is 0 Å². The lowest BCUT2D eigenvalue weighted by molar-refractivity contribution is -0.142. The van der Waals surface area contributed by atoms with Crippen molar-refractivity contribution in [3.8, 4) is 40.1 Å². The number of aryl methyl sites for hydroxylation is 2. The minimum absolute atomic E-state index is 0. The molecule has 65 heavy (non-hydrogen) atoms. The summed E-state index contributed by atoms with van der Waals surface area (Å²) in [7, 11) is 1.50. The van der Waals surface area contributed by atoms with Crippen molar-refractivity contribution < 1.29 is 33.8 Å². The van der Waals surface area contributed by atoms with Crippen LogP contribution in [-0.4, -0.2) is 88.0 Å². The number of Topliss-reactive ketones (excluding diaryl/α,β-unsaturated/α-hetero) is 3. The van der Waals surface area contributed by atoms with Gasteiger partial charge in [-0.15, -0.1) is 0 Å². The molecule has 2 aliphatic heterocycles. The van der Waals surface area contributed by atoms with Gasteiger partial charge in [0.2, 0.25) is 11.8 Å². The van der Waals surface area contributed by atoms with Gasteiger partial charge in [0.25, 0.3) is 0 Å². The first kappa shape index (κ1) is 50.1. The number of benzene rings is 3. The number of nitrogens with two attached hydrogens (primary N) is 1. The molecule has 2 amide bonds. The molecule has 0 unspecified atom stereocenters. The molecule has 0 aliphatic carbocycles. The predicted molar refractivity (Wildman–Crippen MR) is 253 cm³/mol. The molecule has 3 aromatic carbocycles. The van der Waals surface area contributed by atoms with E-state index in [0.717, 1.165) is 5.56 Å². The van der Waals surface area contributed by atoms with Crippen molar-refractivity contribution in [3.05, 3.63) is 94.3 Å². The normalized spacial score (nSPS) is 18.2. The molecular weight excluding hydrogens is 843 g/mol. The molecule has 0 radical (unpaired) electrons. The maximum atomic E-state index is 14.8. The number of amides is 2. The second-order valence-electron chi connectivity index (χ2n) is 18.1. The van der Waals surface area contributed by atoms with E-state index < -0.39 is 41.5 Å². The highest BCUT2D eigenvalue weighted by Gasteiger charge is 2.37. The van der Waals surface area contributed by atoms with Crippen LogP contribution in [0.1, 0.15) is 104 Å². The Morgan fingerprint density at radius 2 is 1.66 bits per heavy atom. The number of nitrogens with zero attached hydrogens (tertiary/aromatic N) is 4. The zero-order valence-corrected chi connectivity index (χ0v) is 39.3. The van der Waals surface area contributed by atoms with Gasteiger partial charge in [0, 0.05) is 74.3 Å². The number of carbonyl (C=O) groups excluding carboxylic acids is 5. The molecule has 14 nitrogen and oxygen atoms in total. The summed E-state index contributed by atoms with van der Waals surface area (Å²) < 4.78 is 6.37. The van der Waals surface area contributed by atoms with Gasteiger partial charge in [0.1, 0.15) is 23.6 Å². The van der Waals surface area contributed by atoms with Crippen molar-refractivity contribution in [1.29, 1.82) is 5.26 Å². The van der Waals surface area contributed by atoms with Gasteiger partial charge in [-0.1, -0.05) is 64.1 Å². The van der Waals surface area contributed by atoms with Crippen LogP contribution < -0.4 is 21.1 Å². The molecule has 1 saturated heterocycles. The lowest BCUT2D eigenvalue weighted by Crippen LogP contribution is -2.50. The third kappa shape index (κ3) is 11.7. The second kappa shape index (κ2) is 21.4. The van der Waals surface area contributed by atoms with E-state index in [-0.39, 0.29) is 87.4 Å². The number of ketones is 3. The monoisotopic (exact) mass is 903 g/mol. The molecule has 3 heterocycles. The molecule has 4 bridgehead atoms. The minimum Gasteiger partial charge on any atom is -0.507 e. The van der Waals surface area contributed by atoms with E-state index in [9.17, 15) is 34.3 Å². The zero-order valence-electron chi connectivity index (χ0n) is 38.3. The molecule has 2 aliphatic rings. The van der Waals surface area contributed by atoms with E-state index in [1.807, 2.05) is 30.3 Å². The van der Waals surface area contributed by atoms with E-state index in [2.05, 4.69) is 31.4 Å². The van der Waals surface area contributed by atoms with Crippen LogP contribution >= 0.6 is 13.5 Å². The van der Waals surface area contributed by atoms with Crippen molar-refractivity contribution in [2.45, 2.75) is 104 Å². The molecule has 344 valence electrons. The van der Waals surface area contributed by atoms with Crippen molar-refractivity contribution in [2.24, 2.45) is 17.6 Å². The molecule has 0 spiro atoms. The number of aromatic nitrogens is 2. The number of phenolic OH excluding ortho intramolecular Hbond substituents is 1. The topological polar surface area (TPSA) is 218 Å². The predicted octanol–water partition coefficient (Wildman–Crippen LogP) is 6.14. The standard InChI is InChI=1S/C50H59N7O7.H2S/c1-28-21-43(61)46(57(7)49(63)34(18-20-52)25-42(60)45-29(2)54-47(55-30(45)3)32-11-14-35(15-12-32)50(4,5)6)33-13-17-44(64-36-26-53-27-36)38(24-33)37-22-31(10-16-40(37)58)23-39(56-48(28)62)41(59)9-8-19-51;/h10-17,22,24,28,34,36,39,46,53,58H,8-9,18,20-21,23,25-27,52H2,1-7H3,(H,56,62);1H2/t28-,34-,39+,46+;/m1./s1. The van der Waals surface area contributed by atoms with Gasteiger partial charge < -0.3 is 31.1 Å². The molecule has 1 aromatic heterocycles. The SMILES string of the molecule is Cc1nc(-c2ccc(C(C)(C)C)cc2)nc(C)c1C(=O)C[C@@H](CCN)C(=O)N(C)[C@@H]1C(=O)C[C@@H](C)C(=O)N[C@H](C(=O)CCC#N)Cc2ccc(O)c(c2)-c2cc1ccc2OC1CNC1.S. The summed E-state index contributed by atoms with van der Waals surface area (Å²) in [6.07, 6.45) is -0.569. The second-order valence-corrected chi connectivity index (χ2v) is 18.1. The summed E-state index contributed by atoms with van der Waals surface area (Å²) >= 11 is 0. The number of ether oxygens (including phenoxy) is 1. The van der Waals surface area contributed by atoms with Crippen LogP contribution in [0.15, 0.2) is 60.7 Å². The fourth-order valence-electron chi connectivity index (χ4n) is 8.39. The Balaban J connectivity index is 0.00000793. The summed E-state index contributed by atoms with van der Waals surface area (Å²) in [5, 5.41) is 26.5. The van der Waals surface area contributed by atoms with Crippen molar-refractivity contribution in [1.82, 2.24) is 25.5 Å². The number of nitriles is 1. The number of phenols is 1. The number of carbonyl (C=O) groups is 5. The molecule has 6 rings (SSSR count). The van der Waals surface area contributed by atoms with Crippen LogP contribution in [0.5, 0.6) is 11.5 Å². The van der Waals surface area contributed by atoms with Crippen LogP contribution in [0, 0.1) is 37.0 Å². The lowest BCUT2D eigenvalue weighted by Gasteiger charge is -2.33. The summed E-state index contributed by atoms with van der Waals surface area (Å²) in [5.74, 6) is -3.21. The average molecular weight is 904 g/mol. The maximum Gasteiger partial charge on any atom is 0.226 e. The Hall–Kier alpha value is -5.95. The highest BCUT2D eigenvalue weighted by atomic mass is 32.1. The molecule has 15 heteroatoms. The van der Waals surface area contributed by atoms with Gasteiger partial charge in [-0.2, -0.15) is 18.8 Å². The first-order valence-corrected chi connectivity index (χ1v) is 21.9. The Bertz CT molecular complexity index is 2450. The third-order valence-corrected chi connectivity index (χ3v) is 12.2. The molecule has 5 N–H and O–H groups in total. The number of nitrogens with one attached hydrogen (secondary N) is 2. The first-order chi connectivity index (χ1) is 30.4. The molecule has 4 aromatic rings. The summed E-state index contributed by atoms with van der Waals surface area (Å²) in [5.41, 5.74) is 11.1. The smallest absolute Gasteiger partial charge is 0.226 e. The van der Waals surface area contributed by atoms with Gasteiger partial charge in [-0.3, -0.25) is 24.0 Å². The average Bonchev–Trinajstić information content (AvgIpc) is 3.23. The summed E-state index contributed by atoms with van der Waals surface area (Å²) in [6, 6.07) is 17.7. The van der Waals surface area contributed by atoms with E-state index in [0.29, 0.717) is 63.9 Å². The van der Waals surface area contributed by atoms with Crippen molar-refractivity contribution >= 4 is 42.7 Å². The van der Waals surface area contributed by atoms with E-state index >= 15 is 0 Å². The van der Waals surface area contributed by atoms with Gasteiger partial charge in [-0.25, -0.2) is 9.97 Å². The Kier molecular flexibility index (Phi) is 16.4. The van der Waals surface area contributed by atoms with E-state index in [1.54, 1.807) is 51.1 Å². The van der Waals surface area contributed by atoms with Crippen LogP contribution in [0.3, 0.4) is 0 Å². The van der Waals surface area contributed by atoms with Gasteiger partial charge in [0.05, 0.1) is 29.1 Å². The van der Waals surface area contributed by atoms with E-state index in [4.69, 9.17) is 20.4 Å². The Labute approximate surface area is 388 Å². The number of rotatable bonds is 13. The summed E-state index contributed by atoms with van der Waals surface area (Å²) in [4.78, 5) is 81.5. The van der Waals surface area contributed by atoms with E-state index in [1.165, 1.54) is 23.6 Å². The fourth-order valence-corrected chi connectivity index (χ4v) is 8.39. The largest absolute Gasteiger partial charge is 0.507 e. The number of aromatic hydroxyl groups is 1. The number of hydrogen-bond acceptors (Lipinski definition) is 12. The fraction of sp³-hybridized carbons (Fsp3) is 0.440. The summed E-state index contributed by atoms with van der Waals surface area (Å²) in [6.45, 7) is 12.8. The molecule has 4 atom stereocenters. The van der Waals surface area contributed by atoms with Crippen molar-refractivity contribution in [2.75, 3.05) is 26.7 Å². The quantitative estimate of drug-likeness (QED) is 0.111. The Morgan fingerprint density at radius 3 is 2.26 bits per heavy atom. The van der Waals surface area contributed by atoms with Gasteiger partial charge >= 0.3 is 0 Å². The molecular formula is C50H61N7O7S. The number of hydrogen-bond donors (Lipinski definition) is 4.